The highest BCUT2D eigenvalue weighted by atomic mass is 16.3. The second-order valence-electron chi connectivity index (χ2n) is 2.32. The van der Waals surface area contributed by atoms with Crippen LogP contribution in [0.1, 0.15) is 10.6 Å². The van der Waals surface area contributed by atoms with Gasteiger partial charge in [0.1, 0.15) is 5.76 Å². The van der Waals surface area contributed by atoms with E-state index >= 15 is 0 Å². The van der Waals surface area contributed by atoms with Gasteiger partial charge in [-0.05, 0) is 12.1 Å². The summed E-state index contributed by atoms with van der Waals surface area (Å²) in [6.07, 6.45) is 2.17. The van der Waals surface area contributed by atoms with Crippen molar-refractivity contribution in [3.63, 3.8) is 0 Å². The molecule has 0 aliphatic carbocycles. The average molecular weight is 180 g/mol. The summed E-state index contributed by atoms with van der Waals surface area (Å²) < 4.78 is 4.76. The maximum absolute atomic E-state index is 11.1. The molecule has 0 saturated carbocycles. The summed E-state index contributed by atoms with van der Waals surface area (Å²) >= 11 is 0. The molecule has 0 aliphatic heterocycles. The highest BCUT2D eigenvalue weighted by molar-refractivity contribution is 6.02. The third kappa shape index (κ3) is 2.23. The zero-order chi connectivity index (χ0) is 9.84. The minimum Gasteiger partial charge on any atom is -0.505 e. The van der Waals surface area contributed by atoms with Gasteiger partial charge in [0, 0.05) is 6.08 Å². The standard InChI is InChI=1S/C9H8O4/c1-6(10)7(11)5-8(12)9-3-2-4-13-9/h2-5,10-11H,1H2/b7-5-. The van der Waals surface area contributed by atoms with E-state index in [9.17, 15) is 4.79 Å². The fraction of sp³-hybridized carbons (Fsp3) is 0. The Morgan fingerprint density at radius 1 is 1.54 bits per heavy atom. The lowest BCUT2D eigenvalue weighted by molar-refractivity contribution is 0.101. The Balaban J connectivity index is 2.82. The van der Waals surface area contributed by atoms with Gasteiger partial charge in [-0.1, -0.05) is 6.58 Å². The molecule has 2 N–H and O–H groups in total. The SMILES string of the molecule is C=C(O)/C(O)=C/C(=O)c1ccco1. The number of hydrogen-bond donors (Lipinski definition) is 2. The predicted octanol–water partition coefficient (Wildman–Crippen LogP) is 1.98. The topological polar surface area (TPSA) is 70.7 Å². The highest BCUT2D eigenvalue weighted by Gasteiger charge is 2.07. The van der Waals surface area contributed by atoms with Gasteiger partial charge in [-0.15, -0.1) is 0 Å². The minimum atomic E-state index is -0.568. The van der Waals surface area contributed by atoms with E-state index in [1.807, 2.05) is 0 Å². The molecule has 4 nitrogen and oxygen atoms in total. The first-order chi connectivity index (χ1) is 6.11. The largest absolute Gasteiger partial charge is 0.505 e. The zero-order valence-corrected chi connectivity index (χ0v) is 6.73. The van der Waals surface area contributed by atoms with Crippen LogP contribution in [0, 0.1) is 0 Å². The van der Waals surface area contributed by atoms with Crippen LogP contribution < -0.4 is 0 Å². The summed E-state index contributed by atoms with van der Waals surface area (Å²) in [5.74, 6) is -1.56. The van der Waals surface area contributed by atoms with Crippen LogP contribution in [-0.2, 0) is 0 Å². The van der Waals surface area contributed by atoms with Crippen LogP contribution in [0.5, 0.6) is 0 Å². The van der Waals surface area contributed by atoms with E-state index in [0.29, 0.717) is 0 Å². The van der Waals surface area contributed by atoms with Crippen molar-refractivity contribution in [3.8, 4) is 0 Å². The molecule has 0 amide bonds. The molecular weight excluding hydrogens is 172 g/mol. The van der Waals surface area contributed by atoms with Gasteiger partial charge < -0.3 is 14.6 Å². The molecule has 0 fully saturated rings. The van der Waals surface area contributed by atoms with E-state index in [-0.39, 0.29) is 5.76 Å². The lowest BCUT2D eigenvalue weighted by Gasteiger charge is -1.94. The van der Waals surface area contributed by atoms with Gasteiger partial charge in [0.05, 0.1) is 6.26 Å². The van der Waals surface area contributed by atoms with Crippen LogP contribution in [-0.4, -0.2) is 16.0 Å². The molecule has 1 aromatic heterocycles. The van der Waals surface area contributed by atoms with Crippen molar-refractivity contribution < 1.29 is 19.4 Å². The number of rotatable bonds is 3. The number of aliphatic hydroxyl groups is 2. The van der Waals surface area contributed by atoms with Crippen LogP contribution >= 0.6 is 0 Å². The molecule has 1 aromatic rings. The molecule has 13 heavy (non-hydrogen) atoms. The van der Waals surface area contributed by atoms with E-state index in [2.05, 4.69) is 6.58 Å². The number of hydrogen-bond acceptors (Lipinski definition) is 4. The summed E-state index contributed by atoms with van der Waals surface area (Å²) in [5, 5.41) is 17.6. The van der Waals surface area contributed by atoms with Crippen molar-refractivity contribution >= 4 is 5.78 Å². The molecule has 0 saturated heterocycles. The molecule has 0 spiro atoms. The molecule has 0 aliphatic rings. The number of allylic oxidation sites excluding steroid dienone is 1. The van der Waals surface area contributed by atoms with Crippen LogP contribution in [0.4, 0.5) is 0 Å². The second-order valence-corrected chi connectivity index (χ2v) is 2.32. The molecule has 1 rings (SSSR count). The molecule has 0 aromatic carbocycles. The van der Waals surface area contributed by atoms with Crippen molar-refractivity contribution in [2.75, 3.05) is 0 Å². The number of carbonyl (C=O) groups is 1. The first kappa shape index (κ1) is 9.12. The predicted molar refractivity (Wildman–Crippen MR) is 45.5 cm³/mol. The van der Waals surface area contributed by atoms with Crippen molar-refractivity contribution in [2.24, 2.45) is 0 Å². The van der Waals surface area contributed by atoms with Gasteiger partial charge in [0.15, 0.2) is 11.5 Å². The van der Waals surface area contributed by atoms with Gasteiger partial charge in [0.25, 0.3) is 0 Å². The molecule has 0 atom stereocenters. The average Bonchev–Trinajstić information content (AvgIpc) is 2.55. The minimum absolute atomic E-state index is 0.0906. The van der Waals surface area contributed by atoms with Crippen molar-refractivity contribution in [1.29, 1.82) is 0 Å². The van der Waals surface area contributed by atoms with Gasteiger partial charge >= 0.3 is 0 Å². The molecule has 0 bridgehead atoms. The fourth-order valence-electron chi connectivity index (χ4n) is 0.697. The van der Waals surface area contributed by atoms with Crippen molar-refractivity contribution in [2.45, 2.75) is 0 Å². The van der Waals surface area contributed by atoms with Gasteiger partial charge in [-0.3, -0.25) is 4.79 Å². The van der Waals surface area contributed by atoms with E-state index in [1.165, 1.54) is 12.3 Å². The van der Waals surface area contributed by atoms with Crippen LogP contribution in [0.25, 0.3) is 0 Å². The Kier molecular flexibility index (Phi) is 2.54. The van der Waals surface area contributed by atoms with E-state index < -0.39 is 17.3 Å². The smallest absolute Gasteiger partial charge is 0.224 e. The number of aliphatic hydroxyl groups excluding tert-OH is 2. The maximum atomic E-state index is 11.1. The normalized spacial score (nSPS) is 11.2. The maximum Gasteiger partial charge on any atom is 0.224 e. The monoisotopic (exact) mass is 180 g/mol. The summed E-state index contributed by atoms with van der Waals surface area (Å²) in [6.45, 7) is 3.04. The first-order valence-corrected chi connectivity index (χ1v) is 3.48. The molecule has 4 heteroatoms. The number of ketones is 1. The summed E-state index contributed by atoms with van der Waals surface area (Å²) in [5.41, 5.74) is 0. The molecule has 0 unspecified atom stereocenters. The summed E-state index contributed by atoms with van der Waals surface area (Å²) in [4.78, 5) is 11.1. The number of furan rings is 1. The third-order valence-corrected chi connectivity index (χ3v) is 1.33. The lowest BCUT2D eigenvalue weighted by Crippen LogP contribution is -1.95. The fourth-order valence-corrected chi connectivity index (χ4v) is 0.697. The van der Waals surface area contributed by atoms with E-state index in [4.69, 9.17) is 14.6 Å². The van der Waals surface area contributed by atoms with Crippen LogP contribution in [0.15, 0.2) is 47.0 Å². The van der Waals surface area contributed by atoms with Crippen molar-refractivity contribution in [3.05, 3.63) is 48.3 Å². The Labute approximate surface area is 74.4 Å². The Hall–Kier alpha value is -1.97. The second kappa shape index (κ2) is 3.62. The van der Waals surface area contributed by atoms with E-state index in [1.54, 1.807) is 6.07 Å². The van der Waals surface area contributed by atoms with Gasteiger partial charge in [-0.25, -0.2) is 0 Å². The zero-order valence-electron chi connectivity index (χ0n) is 6.73. The molecule has 1 heterocycles. The van der Waals surface area contributed by atoms with Gasteiger partial charge in [0.2, 0.25) is 5.78 Å². The van der Waals surface area contributed by atoms with Crippen LogP contribution in [0.2, 0.25) is 0 Å². The lowest BCUT2D eigenvalue weighted by atomic mass is 10.2. The van der Waals surface area contributed by atoms with Gasteiger partial charge in [-0.2, -0.15) is 0 Å². The first-order valence-electron chi connectivity index (χ1n) is 3.48. The quantitative estimate of drug-likeness (QED) is 0.323. The highest BCUT2D eigenvalue weighted by Crippen LogP contribution is 2.06. The Morgan fingerprint density at radius 2 is 2.23 bits per heavy atom. The molecule has 68 valence electrons. The van der Waals surface area contributed by atoms with Crippen molar-refractivity contribution in [1.82, 2.24) is 0 Å². The molecule has 0 radical (unpaired) electrons. The van der Waals surface area contributed by atoms with E-state index in [0.717, 1.165) is 6.08 Å². The van der Waals surface area contributed by atoms with Crippen LogP contribution in [0.3, 0.4) is 0 Å². The Morgan fingerprint density at radius 3 is 2.69 bits per heavy atom. The molecular formula is C9H8O4. The number of carbonyl (C=O) groups excluding carboxylic acids is 1. The Bertz CT molecular complexity index is 346. The third-order valence-electron chi connectivity index (χ3n) is 1.33. The summed E-state index contributed by atoms with van der Waals surface area (Å²) in [7, 11) is 0. The summed E-state index contributed by atoms with van der Waals surface area (Å²) in [6, 6.07) is 3.00.